The van der Waals surface area contributed by atoms with Gasteiger partial charge in [-0.05, 0) is 54.2 Å². The highest BCUT2D eigenvalue weighted by Crippen LogP contribution is 2.48. The van der Waals surface area contributed by atoms with Gasteiger partial charge in [-0.15, -0.1) is 11.3 Å². The molecule has 4 rings (SSSR count). The van der Waals surface area contributed by atoms with Gasteiger partial charge >= 0.3 is 0 Å². The van der Waals surface area contributed by atoms with E-state index in [9.17, 15) is 15.0 Å². The largest absolute Gasteiger partial charge is 0.390 e. The molecule has 0 radical (unpaired) electrons. The van der Waals surface area contributed by atoms with E-state index in [0.717, 1.165) is 23.3 Å². The summed E-state index contributed by atoms with van der Waals surface area (Å²) < 4.78 is 0. The summed E-state index contributed by atoms with van der Waals surface area (Å²) in [7, 11) is 0. The van der Waals surface area contributed by atoms with Gasteiger partial charge in [0, 0.05) is 23.2 Å². The molecule has 2 saturated carbocycles. The first-order valence-electron chi connectivity index (χ1n) is 8.27. The van der Waals surface area contributed by atoms with E-state index in [4.69, 9.17) is 0 Å². The van der Waals surface area contributed by atoms with E-state index < -0.39 is 12.2 Å². The van der Waals surface area contributed by atoms with E-state index in [1.165, 1.54) is 0 Å². The molecule has 24 heavy (non-hydrogen) atoms. The zero-order chi connectivity index (χ0) is 16.7. The predicted molar refractivity (Wildman–Crippen MR) is 91.6 cm³/mol. The van der Waals surface area contributed by atoms with Gasteiger partial charge in [0.15, 0.2) is 0 Å². The number of fused-ring (bicyclic) bond motifs is 2. The molecule has 5 nitrogen and oxygen atoms in total. The molecule has 3 N–H and O–H groups in total. The number of amides is 1. The van der Waals surface area contributed by atoms with Crippen LogP contribution in [0.4, 0.5) is 0 Å². The van der Waals surface area contributed by atoms with Crippen molar-refractivity contribution in [1.82, 2.24) is 10.3 Å². The summed E-state index contributed by atoms with van der Waals surface area (Å²) in [5, 5.41) is 24.7. The van der Waals surface area contributed by atoms with Crippen LogP contribution >= 0.6 is 11.3 Å². The van der Waals surface area contributed by atoms with E-state index in [0.29, 0.717) is 12.2 Å². The molecule has 2 fully saturated rings. The van der Waals surface area contributed by atoms with Crippen LogP contribution in [0.25, 0.3) is 10.4 Å². The third kappa shape index (κ3) is 2.75. The summed E-state index contributed by atoms with van der Waals surface area (Å²) in [4.78, 5) is 17.7. The number of pyridine rings is 1. The molecular weight excluding hydrogens is 324 g/mol. The monoisotopic (exact) mass is 344 g/mol. The number of hydrogen-bond donors (Lipinski definition) is 3. The number of rotatable bonds is 4. The molecule has 0 aromatic carbocycles. The normalized spacial score (nSPS) is 31.3. The van der Waals surface area contributed by atoms with Crippen molar-refractivity contribution in [2.45, 2.75) is 25.0 Å². The molecule has 1 amide bonds. The lowest BCUT2D eigenvalue weighted by Gasteiger charge is -2.29. The average Bonchev–Trinajstić information content (AvgIpc) is 3.32. The van der Waals surface area contributed by atoms with Gasteiger partial charge in [0.2, 0.25) is 0 Å². The Morgan fingerprint density at radius 2 is 2.12 bits per heavy atom. The number of carbonyl (C=O) groups excluding carboxylic acids is 1. The fraction of sp³-hybridized carbons (Fsp3) is 0.444. The third-order valence-electron chi connectivity index (χ3n) is 5.38. The Hall–Kier alpha value is -1.76. The Balaban J connectivity index is 1.35. The highest BCUT2D eigenvalue weighted by atomic mass is 32.1. The molecule has 0 saturated heterocycles. The lowest BCUT2D eigenvalue weighted by molar-refractivity contribution is -0.0332. The third-order valence-corrected chi connectivity index (χ3v) is 6.30. The number of aliphatic hydroxyl groups is 2. The van der Waals surface area contributed by atoms with Crippen LogP contribution < -0.4 is 5.32 Å². The summed E-state index contributed by atoms with van der Waals surface area (Å²) in [5.41, 5.74) is 1.41. The Kier molecular flexibility index (Phi) is 4.12. The van der Waals surface area contributed by atoms with Gasteiger partial charge in [0.25, 0.3) is 5.91 Å². The minimum absolute atomic E-state index is 0.0967. The first-order chi connectivity index (χ1) is 11.6. The number of carbonyl (C=O) groups is 1. The minimum atomic E-state index is -0.645. The van der Waals surface area contributed by atoms with E-state index >= 15 is 0 Å². The van der Waals surface area contributed by atoms with E-state index in [-0.39, 0.29) is 23.7 Å². The fourth-order valence-corrected chi connectivity index (χ4v) is 4.81. The topological polar surface area (TPSA) is 82.5 Å². The summed E-state index contributed by atoms with van der Waals surface area (Å²) in [6, 6.07) is 7.66. The van der Waals surface area contributed by atoms with Crippen molar-refractivity contribution in [2.75, 3.05) is 6.54 Å². The van der Waals surface area contributed by atoms with Gasteiger partial charge in [0.05, 0.1) is 12.2 Å². The van der Waals surface area contributed by atoms with Crippen molar-refractivity contribution >= 4 is 17.2 Å². The number of thiophene rings is 1. The Morgan fingerprint density at radius 1 is 1.25 bits per heavy atom. The van der Waals surface area contributed by atoms with Crippen molar-refractivity contribution in [3.63, 3.8) is 0 Å². The number of aliphatic hydroxyl groups excluding tert-OH is 2. The Bertz CT molecular complexity index is 714. The molecule has 2 aromatic heterocycles. The Morgan fingerprint density at radius 3 is 2.75 bits per heavy atom. The number of hydrogen-bond acceptors (Lipinski definition) is 5. The van der Waals surface area contributed by atoms with Gasteiger partial charge in [-0.2, -0.15) is 0 Å². The number of nitrogens with zero attached hydrogens (tertiary/aromatic N) is 1. The standard InChI is InChI=1S/C18H20N2O3S/c21-16-11-6-12(13(7-11)17(16)22)9-20-18(23)14-4-3-10(8-19-14)15-2-1-5-24-15/h1-5,8,11-13,16-17,21-22H,6-7,9H2,(H,20,23)/t11-,12-,13-,16+,17-/m1/s1. The molecular formula is C18H20N2O3S. The number of aromatic nitrogens is 1. The van der Waals surface area contributed by atoms with Gasteiger partial charge in [-0.3, -0.25) is 9.78 Å². The second kappa shape index (κ2) is 6.27. The van der Waals surface area contributed by atoms with Crippen LogP contribution in [0.5, 0.6) is 0 Å². The van der Waals surface area contributed by atoms with E-state index in [2.05, 4.69) is 10.3 Å². The first kappa shape index (κ1) is 15.7. The van der Waals surface area contributed by atoms with Gasteiger partial charge in [-0.25, -0.2) is 0 Å². The van der Waals surface area contributed by atoms with Crippen molar-refractivity contribution in [3.05, 3.63) is 41.5 Å². The smallest absolute Gasteiger partial charge is 0.269 e. The van der Waals surface area contributed by atoms with Crippen molar-refractivity contribution in [1.29, 1.82) is 0 Å². The minimum Gasteiger partial charge on any atom is -0.390 e. The van der Waals surface area contributed by atoms with Crippen LogP contribution in [-0.4, -0.2) is 39.9 Å². The second-order valence-electron chi connectivity index (χ2n) is 6.76. The zero-order valence-corrected chi connectivity index (χ0v) is 13.9. The van der Waals surface area contributed by atoms with Crippen molar-refractivity contribution < 1.29 is 15.0 Å². The zero-order valence-electron chi connectivity index (χ0n) is 13.1. The maximum absolute atomic E-state index is 12.3. The van der Waals surface area contributed by atoms with Crippen LogP contribution in [0.1, 0.15) is 23.3 Å². The van der Waals surface area contributed by atoms with Crippen LogP contribution in [0.2, 0.25) is 0 Å². The van der Waals surface area contributed by atoms with Crippen LogP contribution in [0.15, 0.2) is 35.8 Å². The van der Waals surface area contributed by atoms with E-state index in [1.54, 1.807) is 23.6 Å². The molecule has 0 aliphatic heterocycles. The maximum atomic E-state index is 12.3. The molecule has 2 heterocycles. The van der Waals surface area contributed by atoms with Crippen LogP contribution in [-0.2, 0) is 0 Å². The predicted octanol–water partition coefficient (Wildman–Crippen LogP) is 1.92. The maximum Gasteiger partial charge on any atom is 0.269 e. The van der Waals surface area contributed by atoms with Crippen LogP contribution in [0, 0.1) is 17.8 Å². The molecule has 2 bridgehead atoms. The van der Waals surface area contributed by atoms with Crippen molar-refractivity contribution in [2.24, 2.45) is 17.8 Å². The van der Waals surface area contributed by atoms with E-state index in [1.807, 2.05) is 23.6 Å². The second-order valence-corrected chi connectivity index (χ2v) is 7.70. The summed E-state index contributed by atoms with van der Waals surface area (Å²) in [6.07, 6.45) is 2.21. The summed E-state index contributed by atoms with van der Waals surface area (Å²) in [6.45, 7) is 0.526. The summed E-state index contributed by atoms with van der Waals surface area (Å²) in [5.74, 6) is 0.322. The molecule has 0 spiro atoms. The molecule has 6 heteroatoms. The lowest BCUT2D eigenvalue weighted by atomic mass is 9.85. The van der Waals surface area contributed by atoms with Gasteiger partial charge in [0.1, 0.15) is 5.69 Å². The quantitative estimate of drug-likeness (QED) is 0.791. The molecule has 0 unspecified atom stereocenters. The highest BCUT2D eigenvalue weighted by Gasteiger charge is 2.51. The summed E-state index contributed by atoms with van der Waals surface area (Å²) >= 11 is 1.64. The molecule has 2 aliphatic rings. The SMILES string of the molecule is O=C(NC[C@H]1C[C@@H]2C[C@H]1[C@@H](O)[C@H]2O)c1ccc(-c2cccs2)cn1. The molecule has 2 aromatic rings. The average molecular weight is 344 g/mol. The first-order valence-corrected chi connectivity index (χ1v) is 9.15. The fourth-order valence-electron chi connectivity index (χ4n) is 4.10. The van der Waals surface area contributed by atoms with Crippen LogP contribution in [0.3, 0.4) is 0 Å². The molecule has 126 valence electrons. The Labute approximate surface area is 144 Å². The lowest BCUT2D eigenvalue weighted by Crippen LogP contribution is -2.41. The van der Waals surface area contributed by atoms with Gasteiger partial charge < -0.3 is 15.5 Å². The van der Waals surface area contributed by atoms with Gasteiger partial charge in [-0.1, -0.05) is 6.07 Å². The molecule has 5 atom stereocenters. The molecule has 2 aliphatic carbocycles. The highest BCUT2D eigenvalue weighted by molar-refractivity contribution is 7.13. The van der Waals surface area contributed by atoms with Crippen molar-refractivity contribution in [3.8, 4) is 10.4 Å². The number of nitrogens with one attached hydrogen (secondary N) is 1.